The average molecular weight is 575 g/mol. The van der Waals surface area contributed by atoms with Gasteiger partial charge in [-0.05, 0) is 49.7 Å². The van der Waals surface area contributed by atoms with E-state index < -0.39 is 29.7 Å². The molecule has 5 aromatic rings. The lowest BCUT2D eigenvalue weighted by Gasteiger charge is -2.20. The summed E-state index contributed by atoms with van der Waals surface area (Å²) in [6, 6.07) is 26.8. The normalized spacial score (nSPS) is 13.3. The number of nitrogens with zero attached hydrogens (tertiary/aromatic N) is 2. The Morgan fingerprint density at radius 3 is 2.19 bits per heavy atom. The topological polar surface area (TPSA) is 93.6 Å². The molecule has 2 amide bonds. The molecule has 0 spiro atoms. The minimum absolute atomic E-state index is 0.0756. The van der Waals surface area contributed by atoms with Crippen LogP contribution in [0.3, 0.4) is 0 Å². The number of Topliss-reactive ketones (excluding diaryl/α,β-unsaturated/α-hetero) is 1. The molecule has 0 radical (unpaired) electrons. The highest BCUT2D eigenvalue weighted by molar-refractivity contribution is 6.38. The first-order valence-electron chi connectivity index (χ1n) is 13.2. The Hall–Kier alpha value is -5.14. The molecule has 8 heteroatoms. The van der Waals surface area contributed by atoms with Gasteiger partial charge in [-0.2, -0.15) is 0 Å². The van der Waals surface area contributed by atoms with Crippen LogP contribution in [0.2, 0.25) is 5.02 Å². The predicted octanol–water partition coefficient (Wildman–Crippen LogP) is 7.09. The molecule has 1 aliphatic heterocycles. The second-order valence-electron chi connectivity index (χ2n) is 9.98. The number of benzene rings is 4. The van der Waals surface area contributed by atoms with E-state index in [-0.39, 0.29) is 22.4 Å². The van der Waals surface area contributed by atoms with Gasteiger partial charge in [0.05, 0.1) is 33.6 Å². The molecular weight excluding hydrogens is 552 g/mol. The molecule has 206 valence electrons. The first-order chi connectivity index (χ1) is 20.2. The van der Waals surface area contributed by atoms with Crippen LogP contribution in [0.15, 0.2) is 97.1 Å². The van der Waals surface area contributed by atoms with Gasteiger partial charge in [0.25, 0.3) is 11.8 Å². The zero-order valence-electron chi connectivity index (χ0n) is 22.6. The van der Waals surface area contributed by atoms with E-state index in [1.807, 2.05) is 6.07 Å². The number of para-hydroxylation sites is 1. The number of pyridine rings is 1. The van der Waals surface area contributed by atoms with E-state index in [0.29, 0.717) is 38.3 Å². The van der Waals surface area contributed by atoms with Gasteiger partial charge in [0.2, 0.25) is 5.78 Å². The standard InChI is InChI=1S/C34H23ClN2O5/c1-19-12-13-23(34(41)42-31(22-14-16-24(35)17-15-22)30(38)21-8-4-3-5-9-21)18-27(19)37-32(39)28-20(2)36-26-11-7-6-10-25(26)29(28)33(37)40/h3-18,31H,1-2H3/t31-/m1/s1. The number of fused-ring (bicyclic) bond motifs is 3. The van der Waals surface area contributed by atoms with E-state index in [1.54, 1.807) is 92.7 Å². The Bertz CT molecular complexity index is 1920. The van der Waals surface area contributed by atoms with Gasteiger partial charge >= 0.3 is 5.97 Å². The number of ketones is 1. The molecular formula is C34H23ClN2O5. The number of ether oxygens (including phenoxy) is 1. The van der Waals surface area contributed by atoms with E-state index in [9.17, 15) is 19.2 Å². The van der Waals surface area contributed by atoms with E-state index >= 15 is 0 Å². The van der Waals surface area contributed by atoms with Crippen molar-refractivity contribution in [3.63, 3.8) is 0 Å². The molecule has 6 rings (SSSR count). The molecule has 1 atom stereocenters. The number of carbonyl (C=O) groups is 4. The van der Waals surface area contributed by atoms with Gasteiger partial charge in [0, 0.05) is 21.5 Å². The minimum Gasteiger partial charge on any atom is -0.445 e. The maximum absolute atomic E-state index is 13.7. The van der Waals surface area contributed by atoms with Crippen LogP contribution in [0.5, 0.6) is 0 Å². The van der Waals surface area contributed by atoms with Gasteiger partial charge in [-0.3, -0.25) is 19.4 Å². The van der Waals surface area contributed by atoms with Crippen molar-refractivity contribution in [1.82, 2.24) is 4.98 Å². The highest BCUT2D eigenvalue weighted by Crippen LogP contribution is 2.36. The Morgan fingerprint density at radius 1 is 0.786 bits per heavy atom. The zero-order valence-corrected chi connectivity index (χ0v) is 23.4. The zero-order chi connectivity index (χ0) is 29.5. The van der Waals surface area contributed by atoms with E-state index in [1.165, 1.54) is 12.1 Å². The van der Waals surface area contributed by atoms with Crippen molar-refractivity contribution in [2.75, 3.05) is 4.90 Å². The van der Waals surface area contributed by atoms with Crippen molar-refractivity contribution >= 4 is 51.8 Å². The van der Waals surface area contributed by atoms with Gasteiger partial charge in [0.1, 0.15) is 0 Å². The van der Waals surface area contributed by atoms with Crippen LogP contribution in [0.25, 0.3) is 10.9 Å². The Labute approximate surface area is 246 Å². The maximum Gasteiger partial charge on any atom is 0.339 e. The summed E-state index contributed by atoms with van der Waals surface area (Å²) in [5.41, 5.74) is 3.33. The van der Waals surface area contributed by atoms with Crippen LogP contribution in [0.4, 0.5) is 5.69 Å². The molecule has 0 bridgehead atoms. The molecule has 42 heavy (non-hydrogen) atoms. The number of halogens is 1. The molecule has 1 aliphatic rings. The quantitative estimate of drug-likeness (QED) is 0.122. The van der Waals surface area contributed by atoms with Crippen LogP contribution in [-0.4, -0.2) is 28.6 Å². The summed E-state index contributed by atoms with van der Waals surface area (Å²) < 4.78 is 5.80. The van der Waals surface area contributed by atoms with Gasteiger partial charge in [-0.1, -0.05) is 78.3 Å². The fraction of sp³-hybridized carbons (Fsp3) is 0.0882. The fourth-order valence-electron chi connectivity index (χ4n) is 5.17. The van der Waals surface area contributed by atoms with Gasteiger partial charge in [-0.25, -0.2) is 9.69 Å². The van der Waals surface area contributed by atoms with Crippen molar-refractivity contribution in [2.24, 2.45) is 0 Å². The van der Waals surface area contributed by atoms with E-state index in [2.05, 4.69) is 4.98 Å². The smallest absolute Gasteiger partial charge is 0.339 e. The van der Waals surface area contributed by atoms with Crippen LogP contribution in [0.1, 0.15) is 64.4 Å². The van der Waals surface area contributed by atoms with Crippen LogP contribution in [0, 0.1) is 13.8 Å². The third kappa shape index (κ3) is 4.63. The number of anilines is 1. The summed E-state index contributed by atoms with van der Waals surface area (Å²) in [7, 11) is 0. The van der Waals surface area contributed by atoms with Crippen molar-refractivity contribution in [3.8, 4) is 0 Å². The second kappa shape index (κ2) is 10.7. The molecule has 0 saturated carbocycles. The number of rotatable bonds is 6. The Morgan fingerprint density at radius 2 is 1.45 bits per heavy atom. The number of imide groups is 1. The lowest BCUT2D eigenvalue weighted by Crippen LogP contribution is -2.30. The van der Waals surface area contributed by atoms with E-state index in [0.717, 1.165) is 4.90 Å². The summed E-state index contributed by atoms with van der Waals surface area (Å²) in [5, 5.41) is 1.05. The average Bonchev–Trinajstić information content (AvgIpc) is 3.27. The van der Waals surface area contributed by atoms with Gasteiger partial charge in [-0.15, -0.1) is 0 Å². The summed E-state index contributed by atoms with van der Waals surface area (Å²) in [5.74, 6) is -2.21. The number of aromatic nitrogens is 1. The number of carbonyl (C=O) groups excluding carboxylic acids is 4. The molecule has 7 nitrogen and oxygen atoms in total. The number of hydrogen-bond donors (Lipinski definition) is 0. The van der Waals surface area contributed by atoms with Crippen molar-refractivity contribution in [3.05, 3.63) is 141 Å². The molecule has 0 fully saturated rings. The number of hydrogen-bond acceptors (Lipinski definition) is 6. The first kappa shape index (κ1) is 27.1. The Kier molecular flexibility index (Phi) is 6.88. The summed E-state index contributed by atoms with van der Waals surface area (Å²) >= 11 is 6.05. The van der Waals surface area contributed by atoms with Crippen molar-refractivity contribution < 1.29 is 23.9 Å². The first-order valence-corrected chi connectivity index (χ1v) is 13.6. The summed E-state index contributed by atoms with van der Waals surface area (Å²) in [6.45, 7) is 3.44. The van der Waals surface area contributed by atoms with Crippen LogP contribution < -0.4 is 4.90 Å². The lowest BCUT2D eigenvalue weighted by atomic mass is 9.99. The number of esters is 1. The SMILES string of the molecule is Cc1ccc(C(=O)O[C@@H](C(=O)c2ccccc2)c2ccc(Cl)cc2)cc1N1C(=O)c2c(C)nc3ccccc3c2C1=O. The third-order valence-electron chi connectivity index (χ3n) is 7.29. The van der Waals surface area contributed by atoms with Crippen molar-refractivity contribution in [1.29, 1.82) is 0 Å². The highest BCUT2D eigenvalue weighted by Gasteiger charge is 2.41. The minimum atomic E-state index is -1.25. The van der Waals surface area contributed by atoms with Crippen LogP contribution in [-0.2, 0) is 4.74 Å². The molecule has 0 N–H and O–H groups in total. The van der Waals surface area contributed by atoms with Gasteiger partial charge in [0.15, 0.2) is 6.10 Å². The monoisotopic (exact) mass is 574 g/mol. The highest BCUT2D eigenvalue weighted by atomic mass is 35.5. The Balaban J connectivity index is 1.36. The fourth-order valence-corrected chi connectivity index (χ4v) is 5.30. The molecule has 1 aromatic heterocycles. The molecule has 0 unspecified atom stereocenters. The van der Waals surface area contributed by atoms with Gasteiger partial charge < -0.3 is 4.74 Å². The number of amides is 2. The predicted molar refractivity (Wildman–Crippen MR) is 159 cm³/mol. The molecule has 2 heterocycles. The molecule has 4 aromatic carbocycles. The maximum atomic E-state index is 13.7. The van der Waals surface area contributed by atoms with Crippen LogP contribution >= 0.6 is 11.6 Å². The summed E-state index contributed by atoms with van der Waals surface area (Å²) in [6.07, 6.45) is -1.25. The third-order valence-corrected chi connectivity index (χ3v) is 7.54. The number of aryl methyl sites for hydroxylation is 2. The second-order valence-corrected chi connectivity index (χ2v) is 10.4. The molecule has 0 saturated heterocycles. The van der Waals surface area contributed by atoms with E-state index in [4.69, 9.17) is 16.3 Å². The summed E-state index contributed by atoms with van der Waals surface area (Å²) in [4.78, 5) is 60.0. The van der Waals surface area contributed by atoms with Crippen molar-refractivity contribution in [2.45, 2.75) is 20.0 Å². The largest absolute Gasteiger partial charge is 0.445 e. The lowest BCUT2D eigenvalue weighted by molar-refractivity contribution is 0.0280. The molecule has 0 aliphatic carbocycles.